The smallest absolute Gasteiger partial charge is 0.675 e. The molecule has 0 amide bonds. The Balaban J connectivity index is 0.000000562. The van der Waals surface area contributed by atoms with Crippen LogP contribution in [0.2, 0.25) is 26.2 Å². The van der Waals surface area contributed by atoms with Gasteiger partial charge >= 0.3 is 16.5 Å². The molecule has 0 radical (unpaired) electrons. The van der Waals surface area contributed by atoms with E-state index in [1.165, 1.54) is 0 Å². The van der Waals surface area contributed by atoms with E-state index in [1.54, 1.807) is 0 Å². The monoisotopic (exact) mass is 500 g/mol. The molecule has 2 aromatic carbocycles. The summed E-state index contributed by atoms with van der Waals surface area (Å²) in [4.78, 5) is 9.80. The third kappa shape index (κ3) is 10.4. The largest absolute Gasteiger partial charge is 2.00 e. The average molecular weight is 501 g/mol. The first-order chi connectivity index (χ1) is 14.2. The summed E-state index contributed by atoms with van der Waals surface area (Å²) in [6, 6.07) is 20.6. The van der Waals surface area contributed by atoms with Gasteiger partial charge in [-0.05, 0) is 26.2 Å². The Labute approximate surface area is 204 Å². The summed E-state index contributed by atoms with van der Waals surface area (Å²) < 4.78 is 4.97. The summed E-state index contributed by atoms with van der Waals surface area (Å²) >= 11 is 0. The van der Waals surface area contributed by atoms with Crippen molar-refractivity contribution in [2.75, 3.05) is 26.2 Å². The average Bonchev–Trinajstić information content (AvgIpc) is 2.70. The van der Waals surface area contributed by atoms with Gasteiger partial charge in [-0.15, -0.1) is 11.4 Å². The molecule has 0 heterocycles. The molecule has 0 spiro atoms. The van der Waals surface area contributed by atoms with Gasteiger partial charge in [0.25, 0.3) is 0 Å². The van der Waals surface area contributed by atoms with Gasteiger partial charge in [0.05, 0.1) is 0 Å². The predicted molar refractivity (Wildman–Crippen MR) is 140 cm³/mol. The first-order valence-corrected chi connectivity index (χ1v) is 17.0. The van der Waals surface area contributed by atoms with Gasteiger partial charge in [-0.3, -0.25) is 0 Å². The van der Waals surface area contributed by atoms with E-state index in [2.05, 4.69) is 87.3 Å². The van der Waals surface area contributed by atoms with Gasteiger partial charge in [0.15, 0.2) is 0 Å². The third-order valence-electron chi connectivity index (χ3n) is 5.39. The molecule has 0 aliphatic heterocycles. The van der Waals surface area contributed by atoms with Gasteiger partial charge in [0.2, 0.25) is 0 Å². The van der Waals surface area contributed by atoms with Crippen molar-refractivity contribution in [3.05, 3.63) is 70.6 Å². The Kier molecular flexibility index (Phi) is 14.3. The zero-order chi connectivity index (χ0) is 22.6. The maximum atomic E-state index is 4.90. The second-order valence-corrected chi connectivity index (χ2v) is 15.9. The molecular formula is C24H42N4NiSi2. The molecule has 31 heavy (non-hydrogen) atoms. The molecular weight excluding hydrogens is 459 g/mol. The SMILES string of the molecule is CCN(CC)[Si](C)(C)[N-]c1ccccc1.CCN(CC)[Si](C)(C)[N-]c1ccccc1.[Ni+2]. The first-order valence-electron chi connectivity index (χ1n) is 11.3. The molecule has 0 fully saturated rings. The summed E-state index contributed by atoms with van der Waals surface area (Å²) in [5.41, 5.74) is 2.22. The van der Waals surface area contributed by atoms with Crippen LogP contribution in [-0.4, -0.2) is 52.1 Å². The minimum absolute atomic E-state index is 0. The van der Waals surface area contributed by atoms with Crippen LogP contribution in [0.3, 0.4) is 0 Å². The van der Waals surface area contributed by atoms with Crippen LogP contribution in [0, 0.1) is 0 Å². The molecule has 0 saturated carbocycles. The summed E-state index contributed by atoms with van der Waals surface area (Å²) in [5, 5.41) is 0. The predicted octanol–water partition coefficient (Wildman–Crippen LogP) is 7.47. The molecule has 0 aromatic heterocycles. The van der Waals surface area contributed by atoms with E-state index >= 15 is 0 Å². The molecule has 4 nitrogen and oxygen atoms in total. The summed E-state index contributed by atoms with van der Waals surface area (Å²) in [6.07, 6.45) is 0. The quantitative estimate of drug-likeness (QED) is 0.317. The van der Waals surface area contributed by atoms with Crippen molar-refractivity contribution in [2.45, 2.75) is 53.9 Å². The standard InChI is InChI=1S/2C12H21N2Si.Ni/c2*1-5-14(6-2)15(3,4)13-12-10-8-7-9-11-12;/h2*7-11H,5-6H2,1-4H3;/q2*-1;+2. The minimum atomic E-state index is -1.62. The molecule has 0 bridgehead atoms. The van der Waals surface area contributed by atoms with E-state index < -0.39 is 16.8 Å². The Bertz CT molecular complexity index is 630. The fourth-order valence-corrected chi connectivity index (χ4v) is 8.71. The second-order valence-electron chi connectivity index (χ2n) is 8.23. The minimum Gasteiger partial charge on any atom is -0.675 e. The van der Waals surface area contributed by atoms with Crippen LogP contribution in [0.15, 0.2) is 60.7 Å². The first kappa shape index (κ1) is 29.9. The van der Waals surface area contributed by atoms with Gasteiger partial charge in [-0.1, -0.05) is 115 Å². The van der Waals surface area contributed by atoms with Crippen molar-refractivity contribution < 1.29 is 16.5 Å². The number of benzene rings is 2. The summed E-state index contributed by atoms with van der Waals surface area (Å²) in [5.74, 6) is 0. The summed E-state index contributed by atoms with van der Waals surface area (Å²) in [6.45, 7) is 22.4. The Morgan fingerprint density at radius 2 is 0.806 bits per heavy atom. The van der Waals surface area contributed by atoms with Crippen molar-refractivity contribution in [1.29, 1.82) is 0 Å². The van der Waals surface area contributed by atoms with E-state index in [0.29, 0.717) is 0 Å². The molecule has 0 saturated heterocycles. The molecule has 2 rings (SSSR count). The van der Waals surface area contributed by atoms with E-state index in [4.69, 9.17) is 9.96 Å². The fourth-order valence-electron chi connectivity index (χ4n) is 3.77. The Morgan fingerprint density at radius 3 is 1.03 bits per heavy atom. The topological polar surface area (TPSA) is 34.7 Å². The van der Waals surface area contributed by atoms with Gasteiger partial charge in [-0.25, -0.2) is 0 Å². The van der Waals surface area contributed by atoms with E-state index in [0.717, 1.165) is 37.6 Å². The Morgan fingerprint density at radius 1 is 0.548 bits per heavy atom. The van der Waals surface area contributed by atoms with Crippen LogP contribution >= 0.6 is 0 Å². The Hall–Kier alpha value is -1.11. The fraction of sp³-hybridized carbons (Fsp3) is 0.500. The van der Waals surface area contributed by atoms with Gasteiger partial charge in [0, 0.05) is 16.8 Å². The second kappa shape index (κ2) is 14.9. The van der Waals surface area contributed by atoms with Crippen LogP contribution < -0.4 is 0 Å². The van der Waals surface area contributed by atoms with Crippen molar-refractivity contribution in [3.8, 4) is 0 Å². The molecule has 0 aliphatic rings. The maximum Gasteiger partial charge on any atom is 2.00 e. The molecule has 0 N–H and O–H groups in total. The van der Waals surface area contributed by atoms with Crippen molar-refractivity contribution in [3.63, 3.8) is 0 Å². The summed E-state index contributed by atoms with van der Waals surface area (Å²) in [7, 11) is -3.23. The number of hydrogen-bond acceptors (Lipinski definition) is 2. The van der Waals surface area contributed by atoms with Crippen LogP contribution in [0.25, 0.3) is 9.96 Å². The number of hydrogen-bond donors (Lipinski definition) is 0. The molecule has 0 aliphatic carbocycles. The molecule has 176 valence electrons. The van der Waals surface area contributed by atoms with Crippen LogP contribution in [0.4, 0.5) is 11.4 Å². The number of nitrogens with zero attached hydrogens (tertiary/aromatic N) is 4. The van der Waals surface area contributed by atoms with Crippen molar-refractivity contribution >= 4 is 28.2 Å². The van der Waals surface area contributed by atoms with E-state index in [1.807, 2.05) is 36.4 Å². The normalized spacial score (nSPS) is 11.4. The molecule has 2 aromatic rings. The van der Waals surface area contributed by atoms with Gasteiger partial charge < -0.3 is 19.1 Å². The maximum absolute atomic E-state index is 4.90. The van der Waals surface area contributed by atoms with Crippen LogP contribution in [0.1, 0.15) is 27.7 Å². The zero-order valence-corrected chi connectivity index (χ0v) is 23.7. The zero-order valence-electron chi connectivity index (χ0n) is 20.7. The molecule has 0 atom stereocenters. The number of rotatable bonds is 10. The van der Waals surface area contributed by atoms with Crippen molar-refractivity contribution in [2.24, 2.45) is 0 Å². The van der Waals surface area contributed by atoms with E-state index in [-0.39, 0.29) is 16.5 Å². The van der Waals surface area contributed by atoms with Crippen LogP contribution in [0.5, 0.6) is 0 Å². The van der Waals surface area contributed by atoms with Crippen molar-refractivity contribution in [1.82, 2.24) is 9.13 Å². The molecule has 7 heteroatoms. The molecule has 0 unspecified atom stereocenters. The van der Waals surface area contributed by atoms with Gasteiger partial charge in [0.1, 0.15) is 0 Å². The van der Waals surface area contributed by atoms with E-state index in [9.17, 15) is 0 Å². The van der Waals surface area contributed by atoms with Gasteiger partial charge in [-0.2, -0.15) is 0 Å². The third-order valence-corrected chi connectivity index (χ3v) is 11.4. The van der Waals surface area contributed by atoms with Crippen LogP contribution in [-0.2, 0) is 16.5 Å².